The zero-order valence-corrected chi connectivity index (χ0v) is 26.6. The lowest BCUT2D eigenvalue weighted by molar-refractivity contribution is -0.259. The molecule has 0 radical (unpaired) electrons. The lowest BCUT2D eigenvalue weighted by atomic mass is 9.98. The number of rotatable bonds is 16. The molecule has 1 aliphatic heterocycles. The first-order valence-corrected chi connectivity index (χ1v) is 16.7. The van der Waals surface area contributed by atoms with E-state index in [-0.39, 0.29) is 19.8 Å². The van der Waals surface area contributed by atoms with Gasteiger partial charge in [-0.1, -0.05) is 121 Å². The Balaban J connectivity index is 1.48. The minimum absolute atomic E-state index is 0.148. The molecule has 5 rings (SSSR count). The summed E-state index contributed by atoms with van der Waals surface area (Å²) in [5, 5.41) is 0. The SMILES string of the molecule is COP(=O)(OC)[C@H]1O[C@H](COCc2ccccc2)[C@@H](OCc2ccccc2)[C@H](OCc2ccccc2)[C@@H]1OCc1ccccc1. The summed E-state index contributed by atoms with van der Waals surface area (Å²) in [5.74, 6) is -1.11. The average Bonchev–Trinajstić information content (AvgIpc) is 3.10. The van der Waals surface area contributed by atoms with E-state index in [1.54, 1.807) is 0 Å². The van der Waals surface area contributed by atoms with Crippen LogP contribution in [0.3, 0.4) is 0 Å². The van der Waals surface area contributed by atoms with Crippen molar-refractivity contribution in [1.29, 1.82) is 0 Å². The normalized spacial score (nSPS) is 21.9. The van der Waals surface area contributed by atoms with Crippen LogP contribution in [0.1, 0.15) is 22.3 Å². The molecule has 0 spiro atoms. The fourth-order valence-corrected chi connectivity index (χ4v) is 6.79. The third-order valence-corrected chi connectivity index (χ3v) is 9.74. The molecule has 0 saturated carbocycles. The molecule has 5 atom stereocenters. The summed E-state index contributed by atoms with van der Waals surface area (Å²) in [6.45, 7) is 1.32. The molecule has 0 aliphatic carbocycles. The average molecular weight is 633 g/mol. The third kappa shape index (κ3) is 9.19. The molecule has 0 bridgehead atoms. The first-order chi connectivity index (χ1) is 22.1. The monoisotopic (exact) mass is 632 g/mol. The highest BCUT2D eigenvalue weighted by Crippen LogP contribution is 2.56. The molecular formula is C36H41O8P. The van der Waals surface area contributed by atoms with Gasteiger partial charge in [-0.3, -0.25) is 4.57 Å². The predicted octanol–water partition coefficient (Wildman–Crippen LogP) is 7.17. The molecule has 4 aromatic rings. The summed E-state index contributed by atoms with van der Waals surface area (Å²) in [5.41, 5.74) is 3.93. The van der Waals surface area contributed by atoms with E-state index < -0.39 is 37.9 Å². The zero-order chi connectivity index (χ0) is 31.3. The molecule has 8 nitrogen and oxygen atoms in total. The molecule has 1 heterocycles. The Hall–Kier alpha value is -3.17. The van der Waals surface area contributed by atoms with Gasteiger partial charge in [-0.2, -0.15) is 0 Å². The summed E-state index contributed by atoms with van der Waals surface area (Å²) in [6, 6.07) is 39.4. The Morgan fingerprint density at radius 1 is 0.533 bits per heavy atom. The first kappa shape index (κ1) is 33.2. The zero-order valence-electron chi connectivity index (χ0n) is 25.7. The van der Waals surface area contributed by atoms with Gasteiger partial charge in [0.15, 0.2) is 5.85 Å². The van der Waals surface area contributed by atoms with Crippen LogP contribution in [0, 0.1) is 0 Å². The first-order valence-electron chi connectivity index (χ1n) is 15.0. The van der Waals surface area contributed by atoms with Crippen LogP contribution in [0.25, 0.3) is 0 Å². The minimum atomic E-state index is -3.84. The molecule has 0 amide bonds. The van der Waals surface area contributed by atoms with Crippen molar-refractivity contribution in [2.75, 3.05) is 20.8 Å². The second kappa shape index (κ2) is 16.9. The highest BCUT2D eigenvalue weighted by molar-refractivity contribution is 7.54. The van der Waals surface area contributed by atoms with Gasteiger partial charge in [0.1, 0.15) is 24.4 Å². The van der Waals surface area contributed by atoms with E-state index >= 15 is 0 Å². The van der Waals surface area contributed by atoms with E-state index in [0.717, 1.165) is 22.3 Å². The summed E-state index contributed by atoms with van der Waals surface area (Å²) in [7, 11) is -1.14. The van der Waals surface area contributed by atoms with Gasteiger partial charge in [-0.05, 0) is 22.3 Å². The molecule has 45 heavy (non-hydrogen) atoms. The van der Waals surface area contributed by atoms with Crippen molar-refractivity contribution >= 4 is 7.60 Å². The van der Waals surface area contributed by atoms with Crippen molar-refractivity contribution in [2.24, 2.45) is 0 Å². The Morgan fingerprint density at radius 2 is 0.911 bits per heavy atom. The highest BCUT2D eigenvalue weighted by atomic mass is 31.2. The molecule has 1 aliphatic rings. The van der Waals surface area contributed by atoms with Crippen molar-refractivity contribution in [1.82, 2.24) is 0 Å². The van der Waals surface area contributed by atoms with Crippen molar-refractivity contribution in [3.8, 4) is 0 Å². The van der Waals surface area contributed by atoms with Crippen LogP contribution in [0.15, 0.2) is 121 Å². The van der Waals surface area contributed by atoms with Crippen molar-refractivity contribution in [3.05, 3.63) is 144 Å². The second-order valence-electron chi connectivity index (χ2n) is 10.8. The summed E-state index contributed by atoms with van der Waals surface area (Å²) < 4.78 is 57.7. The molecule has 0 aromatic heterocycles. The van der Waals surface area contributed by atoms with Gasteiger partial charge in [-0.25, -0.2) is 0 Å². The minimum Gasteiger partial charge on any atom is -0.374 e. The van der Waals surface area contributed by atoms with Crippen LogP contribution in [0.2, 0.25) is 0 Å². The molecule has 1 saturated heterocycles. The van der Waals surface area contributed by atoms with Crippen LogP contribution in [0.5, 0.6) is 0 Å². The second-order valence-corrected chi connectivity index (χ2v) is 13.1. The Kier molecular flexibility index (Phi) is 12.5. The van der Waals surface area contributed by atoms with Crippen LogP contribution in [-0.2, 0) is 63.7 Å². The molecule has 238 valence electrons. The topological polar surface area (TPSA) is 81.7 Å². The Morgan fingerprint density at radius 3 is 1.33 bits per heavy atom. The van der Waals surface area contributed by atoms with Crippen molar-refractivity contribution < 1.29 is 37.3 Å². The van der Waals surface area contributed by atoms with E-state index in [2.05, 4.69) is 0 Å². The van der Waals surface area contributed by atoms with Gasteiger partial charge >= 0.3 is 7.60 Å². The van der Waals surface area contributed by atoms with Crippen LogP contribution in [-0.4, -0.2) is 51.1 Å². The molecule has 4 aromatic carbocycles. The van der Waals surface area contributed by atoms with E-state index in [4.69, 9.17) is 32.7 Å². The Labute approximate surface area is 265 Å². The number of hydrogen-bond acceptors (Lipinski definition) is 8. The predicted molar refractivity (Wildman–Crippen MR) is 171 cm³/mol. The van der Waals surface area contributed by atoms with E-state index in [9.17, 15) is 4.57 Å². The smallest absolute Gasteiger partial charge is 0.361 e. The summed E-state index contributed by atoms with van der Waals surface area (Å²) in [6.07, 6.45) is -2.92. The van der Waals surface area contributed by atoms with E-state index in [1.807, 2.05) is 121 Å². The van der Waals surface area contributed by atoms with Gasteiger partial charge in [-0.15, -0.1) is 0 Å². The van der Waals surface area contributed by atoms with E-state index in [1.165, 1.54) is 14.2 Å². The maximum absolute atomic E-state index is 14.1. The van der Waals surface area contributed by atoms with Crippen LogP contribution >= 0.6 is 7.60 Å². The van der Waals surface area contributed by atoms with Crippen LogP contribution < -0.4 is 0 Å². The molecular weight excluding hydrogens is 591 g/mol. The lowest BCUT2D eigenvalue weighted by Crippen LogP contribution is -2.61. The van der Waals surface area contributed by atoms with Gasteiger partial charge in [0, 0.05) is 14.2 Å². The van der Waals surface area contributed by atoms with Gasteiger partial charge in [0.25, 0.3) is 0 Å². The van der Waals surface area contributed by atoms with Crippen LogP contribution in [0.4, 0.5) is 0 Å². The summed E-state index contributed by atoms with van der Waals surface area (Å²) >= 11 is 0. The van der Waals surface area contributed by atoms with E-state index in [0.29, 0.717) is 13.2 Å². The number of benzene rings is 4. The molecule has 1 fully saturated rings. The maximum Gasteiger partial charge on any atom is 0.361 e. The third-order valence-electron chi connectivity index (χ3n) is 7.68. The standard InChI is InChI=1S/C36H41O8P/c1-38-45(37,39-2)36-35(43-26-31-21-13-6-14-22-31)34(42-25-30-19-11-5-12-20-30)33(41-24-29-17-9-4-10-18-29)32(44-36)27-40-23-28-15-7-3-8-16-28/h3-22,32-36H,23-27H2,1-2H3/t32-,33-,34+,35+,36-/m1/s1. The number of hydrogen-bond donors (Lipinski definition) is 0. The quantitative estimate of drug-likeness (QED) is 0.120. The molecule has 9 heteroatoms. The fraction of sp³-hybridized carbons (Fsp3) is 0.333. The lowest BCUT2D eigenvalue weighted by Gasteiger charge is -2.47. The highest BCUT2D eigenvalue weighted by Gasteiger charge is 2.55. The largest absolute Gasteiger partial charge is 0.374 e. The fourth-order valence-electron chi connectivity index (χ4n) is 5.30. The number of ether oxygens (including phenoxy) is 5. The Bertz CT molecular complexity index is 1430. The molecule has 0 N–H and O–H groups in total. The van der Waals surface area contributed by atoms with Crippen molar-refractivity contribution in [3.63, 3.8) is 0 Å². The molecule has 0 unspecified atom stereocenters. The van der Waals surface area contributed by atoms with Gasteiger partial charge in [0.2, 0.25) is 0 Å². The maximum atomic E-state index is 14.1. The van der Waals surface area contributed by atoms with Gasteiger partial charge in [0.05, 0.1) is 33.0 Å². The summed E-state index contributed by atoms with van der Waals surface area (Å²) in [4.78, 5) is 0. The van der Waals surface area contributed by atoms with Crippen molar-refractivity contribution in [2.45, 2.75) is 56.7 Å². The van der Waals surface area contributed by atoms with Gasteiger partial charge < -0.3 is 32.7 Å².